The minimum atomic E-state index is 0. The van der Waals surface area contributed by atoms with Gasteiger partial charge in [0.2, 0.25) is 0 Å². The lowest BCUT2D eigenvalue weighted by Gasteiger charge is -2.05. The smallest absolute Gasteiger partial charge is 0.0137 e. The topological polar surface area (TPSA) is 24.1 Å². The van der Waals surface area contributed by atoms with E-state index in [4.69, 9.17) is 0 Å². The van der Waals surface area contributed by atoms with Gasteiger partial charge in [-0.3, -0.25) is 0 Å². The molecule has 0 aromatic rings. The van der Waals surface area contributed by atoms with Gasteiger partial charge >= 0.3 is 0 Å². The van der Waals surface area contributed by atoms with Gasteiger partial charge in [0.05, 0.1) is 0 Å². The molecule has 0 saturated carbocycles. The Bertz CT molecular complexity index is 504. The molecule has 0 bridgehead atoms. The van der Waals surface area contributed by atoms with Crippen molar-refractivity contribution in [3.8, 4) is 0 Å². The van der Waals surface area contributed by atoms with Crippen LogP contribution in [0.5, 0.6) is 0 Å². The summed E-state index contributed by atoms with van der Waals surface area (Å²) in [6.45, 7) is 17.6. The van der Waals surface area contributed by atoms with E-state index in [0.29, 0.717) is 0 Å². The molecule has 4 heteroatoms. The molecule has 0 aliphatic carbocycles. The highest BCUT2D eigenvalue weighted by atomic mass is 79.9. The van der Waals surface area contributed by atoms with E-state index in [9.17, 15) is 0 Å². The second-order valence-electron chi connectivity index (χ2n) is 9.98. The molecule has 0 fully saturated rings. The predicted octanol–water partition coefficient (Wildman–Crippen LogP) is 9.83. The van der Waals surface area contributed by atoms with E-state index < -0.39 is 0 Å². The third kappa shape index (κ3) is 31.8. The Morgan fingerprint density at radius 1 is 0.471 bits per heavy atom. The van der Waals surface area contributed by atoms with E-state index in [2.05, 4.69) is 76.5 Å². The van der Waals surface area contributed by atoms with Crippen molar-refractivity contribution < 1.29 is 0 Å². The molecule has 0 heterocycles. The van der Waals surface area contributed by atoms with Crippen LogP contribution < -0.4 is 10.6 Å². The Kier molecular flexibility index (Phi) is 32.8. The number of halogens is 2. The molecule has 0 aliphatic rings. The Labute approximate surface area is 235 Å². The molecule has 202 valence electrons. The Morgan fingerprint density at radius 3 is 1.12 bits per heavy atom. The van der Waals surface area contributed by atoms with Crippen LogP contribution in [0.15, 0.2) is 46.6 Å². The first-order valence-corrected chi connectivity index (χ1v) is 13.4. The molecule has 0 atom stereocenters. The molecule has 0 amide bonds. The highest BCUT2D eigenvalue weighted by Gasteiger charge is 1.94. The summed E-state index contributed by atoms with van der Waals surface area (Å²) in [7, 11) is 0. The standard InChI is InChI=1S/C30H56N2.2BrH/c1-27(2)17-15-19-29(5)21-25-31-23-13-11-9-7-8-10-12-14-24-32-26-22-30(6)20-16-18-28(3)4;;/h17-18,21-22,31-32H,7-16,19-20,23-26H2,1-6H3;2*1H/b29-21+,30-22+;;. The van der Waals surface area contributed by atoms with Gasteiger partial charge in [-0.2, -0.15) is 0 Å². The van der Waals surface area contributed by atoms with Crippen LogP contribution in [-0.4, -0.2) is 26.2 Å². The van der Waals surface area contributed by atoms with Gasteiger partial charge in [0.1, 0.15) is 0 Å². The van der Waals surface area contributed by atoms with Crippen molar-refractivity contribution in [2.24, 2.45) is 0 Å². The maximum atomic E-state index is 3.57. The lowest BCUT2D eigenvalue weighted by Crippen LogP contribution is -2.15. The summed E-state index contributed by atoms with van der Waals surface area (Å²) >= 11 is 0. The molecular formula is C30H58Br2N2. The Hall–Kier alpha value is -0.160. The fraction of sp³-hybridized carbons (Fsp3) is 0.733. The van der Waals surface area contributed by atoms with Crippen LogP contribution in [0.1, 0.15) is 119 Å². The monoisotopic (exact) mass is 604 g/mol. The second kappa shape index (κ2) is 29.1. The van der Waals surface area contributed by atoms with Crippen LogP contribution in [0.3, 0.4) is 0 Å². The highest BCUT2D eigenvalue weighted by Crippen LogP contribution is 2.09. The Morgan fingerprint density at radius 2 is 0.794 bits per heavy atom. The van der Waals surface area contributed by atoms with Crippen LogP contribution in [0, 0.1) is 0 Å². The number of nitrogens with one attached hydrogen (secondary N) is 2. The summed E-state index contributed by atoms with van der Waals surface area (Å²) in [5, 5.41) is 7.13. The third-order valence-electron chi connectivity index (χ3n) is 5.83. The summed E-state index contributed by atoms with van der Waals surface area (Å²) < 4.78 is 0. The van der Waals surface area contributed by atoms with Gasteiger partial charge in [-0.05, 0) is 93.2 Å². The number of hydrogen-bond donors (Lipinski definition) is 2. The van der Waals surface area contributed by atoms with Gasteiger partial charge in [-0.1, -0.05) is 85.1 Å². The van der Waals surface area contributed by atoms with Crippen molar-refractivity contribution in [3.63, 3.8) is 0 Å². The zero-order valence-corrected chi connectivity index (χ0v) is 26.9. The van der Waals surface area contributed by atoms with Gasteiger partial charge < -0.3 is 10.6 Å². The van der Waals surface area contributed by atoms with Crippen molar-refractivity contribution in [2.75, 3.05) is 26.2 Å². The summed E-state index contributed by atoms with van der Waals surface area (Å²) in [5.41, 5.74) is 5.86. The molecular weight excluding hydrogens is 548 g/mol. The van der Waals surface area contributed by atoms with Gasteiger partial charge in [0, 0.05) is 13.1 Å². The minimum absolute atomic E-state index is 0. The second-order valence-corrected chi connectivity index (χ2v) is 9.98. The highest BCUT2D eigenvalue weighted by molar-refractivity contribution is 8.93. The van der Waals surface area contributed by atoms with Crippen molar-refractivity contribution in [2.45, 2.75) is 119 Å². The fourth-order valence-corrected chi connectivity index (χ4v) is 3.64. The number of unbranched alkanes of at least 4 members (excludes halogenated alkanes) is 7. The lowest BCUT2D eigenvalue weighted by molar-refractivity contribution is 0.549. The lowest BCUT2D eigenvalue weighted by atomic mass is 10.1. The van der Waals surface area contributed by atoms with Crippen LogP contribution >= 0.6 is 34.0 Å². The van der Waals surface area contributed by atoms with Crippen molar-refractivity contribution >= 4 is 34.0 Å². The summed E-state index contributed by atoms with van der Waals surface area (Å²) in [5.74, 6) is 0. The molecule has 0 aromatic heterocycles. The van der Waals surface area contributed by atoms with Crippen LogP contribution in [0.2, 0.25) is 0 Å². The molecule has 34 heavy (non-hydrogen) atoms. The maximum Gasteiger partial charge on any atom is 0.0137 e. The first kappa shape index (κ1) is 38.4. The largest absolute Gasteiger partial charge is 0.313 e. The predicted molar refractivity (Wildman–Crippen MR) is 168 cm³/mol. The fourth-order valence-electron chi connectivity index (χ4n) is 3.64. The molecule has 0 radical (unpaired) electrons. The van der Waals surface area contributed by atoms with Crippen LogP contribution in [-0.2, 0) is 0 Å². The van der Waals surface area contributed by atoms with Crippen molar-refractivity contribution in [3.05, 3.63) is 46.6 Å². The SMILES string of the molecule is Br.Br.CC(C)=CCC/C(C)=C/CNCCCCCCCCCCNC/C=C(\C)CCC=C(C)C. The Balaban J connectivity index is -0.00000480. The zero-order chi connectivity index (χ0) is 23.9. The summed E-state index contributed by atoms with van der Waals surface area (Å²) in [6, 6.07) is 0. The minimum Gasteiger partial charge on any atom is -0.313 e. The summed E-state index contributed by atoms with van der Waals surface area (Å²) in [6.07, 6.45) is 25.1. The molecule has 2 N–H and O–H groups in total. The van der Waals surface area contributed by atoms with E-state index in [0.717, 1.165) is 26.2 Å². The van der Waals surface area contributed by atoms with Crippen molar-refractivity contribution in [1.82, 2.24) is 10.6 Å². The normalized spacial score (nSPS) is 11.5. The first-order chi connectivity index (χ1) is 15.4. The van der Waals surface area contributed by atoms with E-state index in [-0.39, 0.29) is 34.0 Å². The third-order valence-corrected chi connectivity index (χ3v) is 5.83. The molecule has 0 rings (SSSR count). The van der Waals surface area contributed by atoms with E-state index >= 15 is 0 Å². The number of allylic oxidation sites excluding steroid dienone is 6. The van der Waals surface area contributed by atoms with Gasteiger partial charge in [0.25, 0.3) is 0 Å². The van der Waals surface area contributed by atoms with Gasteiger partial charge in [-0.15, -0.1) is 34.0 Å². The summed E-state index contributed by atoms with van der Waals surface area (Å²) in [4.78, 5) is 0. The van der Waals surface area contributed by atoms with E-state index in [1.54, 1.807) is 0 Å². The average Bonchev–Trinajstić information content (AvgIpc) is 2.72. The molecule has 0 aromatic carbocycles. The maximum absolute atomic E-state index is 3.57. The number of hydrogen-bond acceptors (Lipinski definition) is 2. The molecule has 2 nitrogen and oxygen atoms in total. The number of rotatable bonds is 21. The molecule has 0 saturated heterocycles. The average molecular weight is 607 g/mol. The molecule has 0 spiro atoms. The van der Waals surface area contributed by atoms with Gasteiger partial charge in [-0.25, -0.2) is 0 Å². The van der Waals surface area contributed by atoms with E-state index in [1.165, 1.54) is 99.3 Å². The van der Waals surface area contributed by atoms with Crippen LogP contribution in [0.25, 0.3) is 0 Å². The van der Waals surface area contributed by atoms with E-state index in [1.807, 2.05) is 0 Å². The zero-order valence-electron chi connectivity index (χ0n) is 23.4. The van der Waals surface area contributed by atoms with Gasteiger partial charge in [0.15, 0.2) is 0 Å². The van der Waals surface area contributed by atoms with Crippen LogP contribution in [0.4, 0.5) is 0 Å². The van der Waals surface area contributed by atoms with Crippen molar-refractivity contribution in [1.29, 1.82) is 0 Å². The molecule has 0 unspecified atom stereocenters. The molecule has 0 aliphatic heterocycles. The quantitative estimate of drug-likeness (QED) is 0.100. The first-order valence-electron chi connectivity index (χ1n) is 13.4.